The van der Waals surface area contributed by atoms with Gasteiger partial charge < -0.3 is 9.88 Å². The number of amides is 1. The van der Waals surface area contributed by atoms with Gasteiger partial charge >= 0.3 is 0 Å². The lowest BCUT2D eigenvalue weighted by atomic mass is 10.2. The average Bonchev–Trinajstić information content (AvgIpc) is 3.26. The number of thiophene rings is 1. The van der Waals surface area contributed by atoms with E-state index in [2.05, 4.69) is 5.32 Å². The molecule has 25 heavy (non-hydrogen) atoms. The normalized spacial score (nSPS) is 10.6. The Morgan fingerprint density at radius 2 is 1.88 bits per heavy atom. The third-order valence-electron chi connectivity index (χ3n) is 3.72. The van der Waals surface area contributed by atoms with Crippen LogP contribution in [-0.4, -0.2) is 16.3 Å². The van der Waals surface area contributed by atoms with Gasteiger partial charge in [-0.3, -0.25) is 9.59 Å². The quantitative estimate of drug-likeness (QED) is 0.657. The molecule has 1 aromatic carbocycles. The summed E-state index contributed by atoms with van der Waals surface area (Å²) in [4.78, 5) is 25.8. The lowest BCUT2D eigenvalue weighted by Crippen LogP contribution is -2.14. The summed E-state index contributed by atoms with van der Waals surface area (Å²) in [5.41, 5.74) is 0.849. The lowest BCUT2D eigenvalue weighted by Gasteiger charge is -2.09. The van der Waals surface area contributed by atoms with E-state index in [-0.39, 0.29) is 30.2 Å². The third kappa shape index (κ3) is 4.22. The Hall–Kier alpha value is -2.73. The Morgan fingerprint density at radius 1 is 1.12 bits per heavy atom. The highest BCUT2D eigenvalue weighted by Crippen LogP contribution is 2.21. The number of hydrogen-bond acceptors (Lipinski definition) is 3. The summed E-state index contributed by atoms with van der Waals surface area (Å²) < 4.78 is 15.8. The van der Waals surface area contributed by atoms with Crippen LogP contribution in [0.1, 0.15) is 27.4 Å². The Labute approximate surface area is 148 Å². The Kier molecular flexibility index (Phi) is 5.09. The molecule has 0 fully saturated rings. The van der Waals surface area contributed by atoms with Gasteiger partial charge in [-0.2, -0.15) is 0 Å². The number of carbonyl (C=O) groups is 2. The van der Waals surface area contributed by atoms with Crippen LogP contribution in [0.2, 0.25) is 0 Å². The zero-order valence-electron chi connectivity index (χ0n) is 13.7. The molecule has 0 atom stereocenters. The smallest absolute Gasteiger partial charge is 0.224 e. The molecule has 3 aromatic rings. The number of aryl methyl sites for hydroxylation is 1. The van der Waals surface area contributed by atoms with Crippen molar-refractivity contribution < 1.29 is 14.0 Å². The van der Waals surface area contributed by atoms with E-state index in [0.29, 0.717) is 4.88 Å². The molecule has 0 spiro atoms. The van der Waals surface area contributed by atoms with Crippen LogP contribution < -0.4 is 5.32 Å². The highest BCUT2D eigenvalue weighted by molar-refractivity contribution is 7.14. The van der Waals surface area contributed by atoms with Gasteiger partial charge in [0.05, 0.1) is 10.6 Å². The number of anilines is 1. The number of benzene rings is 1. The Bertz CT molecular complexity index is 900. The number of ketones is 1. The topological polar surface area (TPSA) is 51.1 Å². The Morgan fingerprint density at radius 3 is 2.56 bits per heavy atom. The number of nitrogens with zero attached hydrogens (tertiary/aromatic N) is 1. The third-order valence-corrected chi connectivity index (χ3v) is 4.76. The van der Waals surface area contributed by atoms with Crippen LogP contribution in [0.3, 0.4) is 0 Å². The number of Topliss-reactive ketones (excluding diaryl/α,β-unsaturated/α-hetero) is 1. The molecule has 0 aliphatic heterocycles. The summed E-state index contributed by atoms with van der Waals surface area (Å²) in [6.07, 6.45) is 3.79. The van der Waals surface area contributed by atoms with Crippen LogP contribution in [-0.2, 0) is 4.79 Å². The molecule has 0 aliphatic rings. The van der Waals surface area contributed by atoms with E-state index in [1.807, 2.05) is 42.1 Å². The number of nitrogens with one attached hydrogen (secondary N) is 1. The summed E-state index contributed by atoms with van der Waals surface area (Å²) in [6.45, 7) is 1.93. The highest BCUT2D eigenvalue weighted by atomic mass is 32.1. The molecule has 0 saturated carbocycles. The monoisotopic (exact) mass is 356 g/mol. The summed E-state index contributed by atoms with van der Waals surface area (Å²) in [7, 11) is 0. The maximum atomic E-state index is 13.9. The van der Waals surface area contributed by atoms with E-state index >= 15 is 0 Å². The first-order valence-corrected chi connectivity index (χ1v) is 8.67. The van der Waals surface area contributed by atoms with Gasteiger partial charge in [-0.1, -0.05) is 0 Å². The van der Waals surface area contributed by atoms with Crippen molar-refractivity contribution in [1.82, 2.24) is 4.57 Å². The minimum atomic E-state index is -0.510. The molecule has 0 saturated heterocycles. The van der Waals surface area contributed by atoms with E-state index in [1.165, 1.54) is 17.4 Å². The number of aromatic nitrogens is 1. The van der Waals surface area contributed by atoms with E-state index in [9.17, 15) is 14.0 Å². The maximum absolute atomic E-state index is 13.9. The van der Waals surface area contributed by atoms with Crippen molar-refractivity contribution in [2.75, 3.05) is 5.32 Å². The summed E-state index contributed by atoms with van der Waals surface area (Å²) >= 11 is 1.41. The fourth-order valence-corrected chi connectivity index (χ4v) is 3.26. The summed E-state index contributed by atoms with van der Waals surface area (Å²) in [5, 5.41) is 2.55. The highest BCUT2D eigenvalue weighted by Gasteiger charge is 2.13. The first kappa shape index (κ1) is 17.1. The second-order valence-corrected chi connectivity index (χ2v) is 6.92. The Balaban J connectivity index is 1.63. The molecule has 1 amide bonds. The van der Waals surface area contributed by atoms with Crippen LogP contribution in [0.15, 0.2) is 54.9 Å². The second-order valence-electron chi connectivity index (χ2n) is 5.64. The van der Waals surface area contributed by atoms with Gasteiger partial charge in [-0.25, -0.2) is 4.39 Å². The number of carbonyl (C=O) groups excluding carboxylic acids is 2. The van der Waals surface area contributed by atoms with Crippen molar-refractivity contribution in [3.05, 3.63) is 70.4 Å². The van der Waals surface area contributed by atoms with Crippen molar-refractivity contribution in [3.8, 4) is 5.69 Å². The standard InChI is InChI=1S/C19H17FN2O2S/c1-13-4-8-18(25-13)17(23)7-9-19(24)21-16-12-14(5-6-15(16)20)22-10-2-3-11-22/h2-6,8,10-12H,7,9H2,1H3,(H,21,24). The molecule has 0 bridgehead atoms. The summed E-state index contributed by atoms with van der Waals surface area (Å²) in [5.74, 6) is -0.968. The molecule has 3 rings (SSSR count). The van der Waals surface area contributed by atoms with Gasteiger partial charge in [-0.15, -0.1) is 11.3 Å². The molecule has 2 aromatic heterocycles. The fraction of sp³-hybridized carbons (Fsp3) is 0.158. The second kappa shape index (κ2) is 7.44. The van der Waals surface area contributed by atoms with E-state index in [4.69, 9.17) is 0 Å². The number of rotatable bonds is 6. The fourth-order valence-electron chi connectivity index (χ4n) is 2.42. The number of hydrogen-bond donors (Lipinski definition) is 1. The van der Waals surface area contributed by atoms with Gasteiger partial charge in [-0.05, 0) is 49.4 Å². The van der Waals surface area contributed by atoms with Crippen molar-refractivity contribution in [1.29, 1.82) is 0 Å². The molecule has 4 nitrogen and oxygen atoms in total. The lowest BCUT2D eigenvalue weighted by molar-refractivity contribution is -0.116. The molecular formula is C19H17FN2O2S. The van der Waals surface area contributed by atoms with Crippen LogP contribution in [0, 0.1) is 12.7 Å². The largest absolute Gasteiger partial charge is 0.324 e. The van der Waals surface area contributed by atoms with Crippen LogP contribution in [0.5, 0.6) is 0 Å². The van der Waals surface area contributed by atoms with Crippen molar-refractivity contribution in [2.24, 2.45) is 0 Å². The predicted molar refractivity (Wildman–Crippen MR) is 97.0 cm³/mol. The first-order valence-electron chi connectivity index (χ1n) is 7.85. The molecule has 128 valence electrons. The first-order chi connectivity index (χ1) is 12.0. The zero-order chi connectivity index (χ0) is 17.8. The van der Waals surface area contributed by atoms with E-state index in [1.54, 1.807) is 18.2 Å². The predicted octanol–water partition coefficient (Wildman–Crippen LogP) is 4.59. The van der Waals surface area contributed by atoms with Gasteiger partial charge in [0.1, 0.15) is 5.82 Å². The van der Waals surface area contributed by atoms with E-state index in [0.717, 1.165) is 10.6 Å². The van der Waals surface area contributed by atoms with Gasteiger partial charge in [0, 0.05) is 35.8 Å². The van der Waals surface area contributed by atoms with Gasteiger partial charge in [0.25, 0.3) is 0 Å². The minimum absolute atomic E-state index is 0.0168. The van der Waals surface area contributed by atoms with E-state index < -0.39 is 5.82 Å². The molecular weight excluding hydrogens is 339 g/mol. The zero-order valence-corrected chi connectivity index (χ0v) is 14.5. The minimum Gasteiger partial charge on any atom is -0.324 e. The molecule has 1 N–H and O–H groups in total. The molecule has 0 aliphatic carbocycles. The molecule has 2 heterocycles. The van der Waals surface area contributed by atoms with Crippen LogP contribution >= 0.6 is 11.3 Å². The van der Waals surface area contributed by atoms with Crippen molar-refractivity contribution in [2.45, 2.75) is 19.8 Å². The molecule has 0 unspecified atom stereocenters. The number of halogens is 1. The van der Waals surface area contributed by atoms with Gasteiger partial charge in [0.15, 0.2) is 5.78 Å². The maximum Gasteiger partial charge on any atom is 0.224 e. The SMILES string of the molecule is Cc1ccc(C(=O)CCC(=O)Nc2cc(-n3cccc3)ccc2F)s1. The summed E-state index contributed by atoms with van der Waals surface area (Å²) in [6, 6.07) is 11.9. The average molecular weight is 356 g/mol. The van der Waals surface area contributed by atoms with Crippen LogP contribution in [0.4, 0.5) is 10.1 Å². The van der Waals surface area contributed by atoms with Crippen molar-refractivity contribution >= 4 is 28.7 Å². The van der Waals surface area contributed by atoms with Gasteiger partial charge in [0.2, 0.25) is 5.91 Å². The molecule has 0 radical (unpaired) electrons. The van der Waals surface area contributed by atoms with Crippen LogP contribution in [0.25, 0.3) is 5.69 Å². The van der Waals surface area contributed by atoms with Crippen molar-refractivity contribution in [3.63, 3.8) is 0 Å². The molecule has 6 heteroatoms.